The van der Waals surface area contributed by atoms with Crippen molar-refractivity contribution in [3.05, 3.63) is 24.0 Å². The first-order chi connectivity index (χ1) is 8.96. The van der Waals surface area contributed by atoms with Crippen molar-refractivity contribution < 1.29 is 4.79 Å². The summed E-state index contributed by atoms with van der Waals surface area (Å²) in [4.78, 5) is 18.4. The fourth-order valence-electron chi connectivity index (χ4n) is 2.48. The van der Waals surface area contributed by atoms with E-state index < -0.39 is 0 Å². The monoisotopic (exact) mass is 297 g/mol. The van der Waals surface area contributed by atoms with Crippen molar-refractivity contribution in [1.29, 1.82) is 0 Å². The molecule has 1 amide bonds. The highest BCUT2D eigenvalue weighted by Gasteiger charge is 2.25. The number of hydrogen-bond donors (Lipinski definition) is 1. The third kappa shape index (κ3) is 4.67. The Morgan fingerprint density at radius 1 is 1.35 bits per heavy atom. The van der Waals surface area contributed by atoms with E-state index >= 15 is 0 Å². The minimum atomic E-state index is 0. The van der Waals surface area contributed by atoms with Crippen LogP contribution in [0.25, 0.3) is 0 Å². The Morgan fingerprint density at radius 2 is 2.10 bits per heavy atom. The maximum Gasteiger partial charge on any atom is 0.228 e. The van der Waals surface area contributed by atoms with Crippen LogP contribution in [0.5, 0.6) is 0 Å². The molecule has 1 aliphatic heterocycles. The maximum atomic E-state index is 12.3. The van der Waals surface area contributed by atoms with E-state index in [9.17, 15) is 4.79 Å². The van der Waals surface area contributed by atoms with Crippen molar-refractivity contribution in [2.75, 3.05) is 18.8 Å². The van der Waals surface area contributed by atoms with Crippen molar-refractivity contribution in [1.82, 2.24) is 9.88 Å². The third-order valence-electron chi connectivity index (χ3n) is 3.87. The summed E-state index contributed by atoms with van der Waals surface area (Å²) in [7, 11) is 0. The van der Waals surface area contributed by atoms with Crippen molar-refractivity contribution in [2.24, 2.45) is 5.41 Å². The van der Waals surface area contributed by atoms with Gasteiger partial charge in [-0.05, 0) is 36.8 Å². The van der Waals surface area contributed by atoms with Gasteiger partial charge in [-0.3, -0.25) is 9.78 Å². The maximum absolute atomic E-state index is 12.3. The van der Waals surface area contributed by atoms with Crippen LogP contribution in [0.2, 0.25) is 0 Å². The first-order valence-corrected chi connectivity index (χ1v) is 6.94. The highest BCUT2D eigenvalue weighted by Crippen LogP contribution is 2.29. The molecule has 0 atom stereocenters. The van der Waals surface area contributed by atoms with E-state index in [1.54, 1.807) is 12.3 Å². The van der Waals surface area contributed by atoms with Crippen molar-refractivity contribution >= 4 is 24.0 Å². The molecule has 0 radical (unpaired) electrons. The van der Waals surface area contributed by atoms with Gasteiger partial charge in [-0.25, -0.2) is 0 Å². The highest BCUT2D eigenvalue weighted by molar-refractivity contribution is 5.85. The Bertz CT molecular complexity index is 445. The number of anilines is 1. The second-order valence-corrected chi connectivity index (χ2v) is 6.16. The Morgan fingerprint density at radius 3 is 2.75 bits per heavy atom. The van der Waals surface area contributed by atoms with Gasteiger partial charge in [-0.1, -0.05) is 13.8 Å². The second-order valence-electron chi connectivity index (χ2n) is 6.16. The van der Waals surface area contributed by atoms with Crippen LogP contribution in [0.1, 0.15) is 38.8 Å². The van der Waals surface area contributed by atoms with Crippen LogP contribution in [0.3, 0.4) is 0 Å². The van der Waals surface area contributed by atoms with Gasteiger partial charge < -0.3 is 10.6 Å². The third-order valence-corrected chi connectivity index (χ3v) is 3.87. The van der Waals surface area contributed by atoms with Gasteiger partial charge in [-0.15, -0.1) is 12.4 Å². The minimum absolute atomic E-state index is 0. The molecule has 0 saturated carbocycles. The van der Waals surface area contributed by atoms with E-state index in [-0.39, 0.29) is 18.3 Å². The van der Waals surface area contributed by atoms with Crippen LogP contribution < -0.4 is 5.73 Å². The summed E-state index contributed by atoms with van der Waals surface area (Å²) in [6, 6.07) is 3.62. The smallest absolute Gasteiger partial charge is 0.228 e. The topological polar surface area (TPSA) is 59.2 Å². The Hall–Kier alpha value is -1.29. The van der Waals surface area contributed by atoms with Crippen LogP contribution in [0.4, 0.5) is 5.69 Å². The molecule has 0 aromatic carbocycles. The molecule has 0 spiro atoms. The molecule has 0 unspecified atom stereocenters. The van der Waals surface area contributed by atoms with E-state index in [1.165, 1.54) is 6.42 Å². The number of halogens is 1. The molecule has 0 aliphatic carbocycles. The fraction of sp³-hybridized carbons (Fsp3) is 0.600. The van der Waals surface area contributed by atoms with Gasteiger partial charge in [0.15, 0.2) is 0 Å². The molecule has 20 heavy (non-hydrogen) atoms. The lowest BCUT2D eigenvalue weighted by molar-refractivity contribution is -0.130. The number of nitrogens with zero attached hydrogens (tertiary/aromatic N) is 2. The van der Waals surface area contributed by atoms with Crippen LogP contribution in [0.15, 0.2) is 18.3 Å². The molecule has 1 aromatic heterocycles. The van der Waals surface area contributed by atoms with Crippen molar-refractivity contribution in [3.63, 3.8) is 0 Å². The highest BCUT2D eigenvalue weighted by atomic mass is 35.5. The van der Waals surface area contributed by atoms with Gasteiger partial charge in [-0.2, -0.15) is 0 Å². The van der Waals surface area contributed by atoms with Crippen molar-refractivity contribution in [3.8, 4) is 0 Å². The number of nitrogens with two attached hydrogens (primary N) is 1. The number of nitrogen functional groups attached to an aromatic ring is 1. The number of carbonyl (C=O) groups is 1. The molecular weight excluding hydrogens is 274 g/mol. The van der Waals surface area contributed by atoms with Gasteiger partial charge in [0.25, 0.3) is 0 Å². The molecule has 112 valence electrons. The molecule has 4 nitrogen and oxygen atoms in total. The number of amides is 1. The number of hydrogen-bond acceptors (Lipinski definition) is 3. The number of carbonyl (C=O) groups excluding carboxylic acids is 1. The van der Waals surface area contributed by atoms with E-state index in [1.807, 2.05) is 11.0 Å². The van der Waals surface area contributed by atoms with E-state index in [0.717, 1.165) is 31.6 Å². The first-order valence-electron chi connectivity index (χ1n) is 6.94. The Kier molecular flexibility index (Phi) is 5.81. The van der Waals surface area contributed by atoms with Gasteiger partial charge in [0.1, 0.15) is 0 Å². The zero-order chi connectivity index (χ0) is 13.9. The molecule has 2 heterocycles. The summed E-state index contributed by atoms with van der Waals surface area (Å²) >= 11 is 0. The van der Waals surface area contributed by atoms with E-state index in [0.29, 0.717) is 17.5 Å². The average molecular weight is 298 g/mol. The lowest BCUT2D eigenvalue weighted by Gasteiger charge is -2.23. The summed E-state index contributed by atoms with van der Waals surface area (Å²) in [5, 5.41) is 0. The molecule has 1 aromatic rings. The largest absolute Gasteiger partial charge is 0.397 e. The SMILES string of the molecule is CC1(C)CCCN(C(=O)Cc2ccc(N)cn2)CC1.Cl. The van der Waals surface area contributed by atoms with Gasteiger partial charge in [0, 0.05) is 18.8 Å². The zero-order valence-electron chi connectivity index (χ0n) is 12.3. The number of likely N-dealkylation sites (tertiary alicyclic amines) is 1. The van der Waals surface area contributed by atoms with E-state index in [4.69, 9.17) is 5.73 Å². The Labute approximate surface area is 127 Å². The lowest BCUT2D eigenvalue weighted by atomic mass is 9.85. The summed E-state index contributed by atoms with van der Waals surface area (Å²) in [6.07, 6.45) is 5.34. The van der Waals surface area contributed by atoms with Gasteiger partial charge in [0.05, 0.1) is 18.3 Å². The van der Waals surface area contributed by atoms with Gasteiger partial charge in [0.2, 0.25) is 5.91 Å². The lowest BCUT2D eigenvalue weighted by Crippen LogP contribution is -2.33. The molecule has 5 heteroatoms. The molecule has 2 N–H and O–H groups in total. The van der Waals surface area contributed by atoms with Crippen molar-refractivity contribution in [2.45, 2.75) is 39.5 Å². The summed E-state index contributed by atoms with van der Waals surface area (Å²) in [6.45, 7) is 6.29. The molecule has 1 aliphatic rings. The van der Waals surface area contributed by atoms with Gasteiger partial charge >= 0.3 is 0 Å². The summed E-state index contributed by atoms with van der Waals surface area (Å²) < 4.78 is 0. The predicted molar refractivity (Wildman–Crippen MR) is 83.8 cm³/mol. The molecule has 1 fully saturated rings. The normalized spacial score (nSPS) is 18.0. The number of rotatable bonds is 2. The standard InChI is InChI=1S/C15H23N3O.ClH/c1-15(2)6-3-8-18(9-7-15)14(19)10-13-5-4-12(16)11-17-13;/h4-5,11H,3,6-10,16H2,1-2H3;1H. The molecular formula is C15H24ClN3O. The predicted octanol–water partition coefficient (Wildman–Crippen LogP) is 2.67. The van der Waals surface area contributed by atoms with Crippen LogP contribution in [-0.4, -0.2) is 28.9 Å². The van der Waals surface area contributed by atoms with Crippen LogP contribution in [-0.2, 0) is 11.2 Å². The first kappa shape index (κ1) is 16.8. The van der Waals surface area contributed by atoms with Crippen LogP contribution >= 0.6 is 12.4 Å². The van der Waals surface area contributed by atoms with E-state index in [2.05, 4.69) is 18.8 Å². The summed E-state index contributed by atoms with van der Waals surface area (Å²) in [5.41, 5.74) is 7.37. The fourth-order valence-corrected chi connectivity index (χ4v) is 2.48. The molecule has 2 rings (SSSR count). The quantitative estimate of drug-likeness (QED) is 0.913. The minimum Gasteiger partial charge on any atom is -0.397 e. The Balaban J connectivity index is 0.00000200. The molecule has 0 bridgehead atoms. The zero-order valence-corrected chi connectivity index (χ0v) is 13.1. The number of pyridine rings is 1. The summed E-state index contributed by atoms with van der Waals surface area (Å²) in [5.74, 6) is 0.176. The number of aromatic nitrogens is 1. The molecule has 1 saturated heterocycles. The average Bonchev–Trinajstić information content (AvgIpc) is 2.53. The van der Waals surface area contributed by atoms with Crippen LogP contribution in [0, 0.1) is 5.41 Å². The second kappa shape index (κ2) is 6.93.